The first kappa shape index (κ1) is 12.8. The van der Waals surface area contributed by atoms with E-state index in [1.54, 1.807) is 0 Å². The molecule has 3 heteroatoms. The second-order valence-corrected chi connectivity index (χ2v) is 4.40. The number of anilines is 1. The van der Waals surface area contributed by atoms with E-state index in [-0.39, 0.29) is 0 Å². The van der Waals surface area contributed by atoms with E-state index in [1.807, 2.05) is 25.1 Å². The van der Waals surface area contributed by atoms with Crippen molar-refractivity contribution < 1.29 is 4.74 Å². The van der Waals surface area contributed by atoms with Crippen LogP contribution in [0.3, 0.4) is 0 Å². The smallest absolute Gasteiger partial charge is 0.142 e. The third-order valence-corrected chi connectivity index (χ3v) is 2.43. The summed E-state index contributed by atoms with van der Waals surface area (Å²) in [5, 5.41) is 0. The van der Waals surface area contributed by atoms with Crippen LogP contribution >= 0.6 is 0 Å². The van der Waals surface area contributed by atoms with Crippen molar-refractivity contribution in [1.29, 1.82) is 0 Å². The molecule has 0 amide bonds. The predicted octanol–water partition coefficient (Wildman–Crippen LogP) is 2.30. The van der Waals surface area contributed by atoms with Crippen molar-refractivity contribution in [3.8, 4) is 5.75 Å². The Bertz CT molecular complexity index is 324. The van der Waals surface area contributed by atoms with E-state index in [1.165, 1.54) is 5.56 Å². The lowest BCUT2D eigenvalue weighted by Crippen LogP contribution is -2.13. The Morgan fingerprint density at radius 1 is 1.25 bits per heavy atom. The van der Waals surface area contributed by atoms with E-state index in [4.69, 9.17) is 10.5 Å². The van der Waals surface area contributed by atoms with Crippen LogP contribution in [-0.2, 0) is 0 Å². The average Bonchev–Trinajstić information content (AvgIpc) is 2.22. The molecule has 1 rings (SSSR count). The van der Waals surface area contributed by atoms with Gasteiger partial charge in [-0.25, -0.2) is 0 Å². The summed E-state index contributed by atoms with van der Waals surface area (Å²) in [6.45, 7) is 3.88. The molecule has 0 unspecified atom stereocenters. The second-order valence-electron chi connectivity index (χ2n) is 4.40. The molecule has 0 fully saturated rings. The highest BCUT2D eigenvalue weighted by atomic mass is 16.5. The Balaban J connectivity index is 2.29. The zero-order chi connectivity index (χ0) is 12.0. The molecule has 0 spiro atoms. The molecule has 90 valence electrons. The van der Waals surface area contributed by atoms with Gasteiger partial charge in [0.25, 0.3) is 0 Å². The molecule has 0 bridgehead atoms. The molecule has 0 aliphatic heterocycles. The van der Waals surface area contributed by atoms with Crippen molar-refractivity contribution in [2.45, 2.75) is 19.8 Å². The largest absolute Gasteiger partial charge is 0.491 e. The van der Waals surface area contributed by atoms with Gasteiger partial charge in [0.1, 0.15) is 5.75 Å². The summed E-state index contributed by atoms with van der Waals surface area (Å²) in [7, 11) is 4.17. The van der Waals surface area contributed by atoms with E-state index < -0.39 is 0 Å². The van der Waals surface area contributed by atoms with Gasteiger partial charge in [0.2, 0.25) is 0 Å². The molecule has 2 N–H and O–H groups in total. The van der Waals surface area contributed by atoms with Gasteiger partial charge in [0.15, 0.2) is 0 Å². The van der Waals surface area contributed by atoms with E-state index in [2.05, 4.69) is 19.0 Å². The van der Waals surface area contributed by atoms with Gasteiger partial charge in [-0.15, -0.1) is 0 Å². The third kappa shape index (κ3) is 4.53. The highest BCUT2D eigenvalue weighted by Crippen LogP contribution is 2.22. The Morgan fingerprint density at radius 3 is 2.69 bits per heavy atom. The number of nitrogens with zero attached hydrogens (tertiary/aromatic N) is 1. The van der Waals surface area contributed by atoms with Crippen molar-refractivity contribution in [3.63, 3.8) is 0 Å². The standard InChI is InChI=1S/C13H22N2O/c1-11-6-7-12(14)13(10-11)16-9-5-4-8-15(2)3/h6-7,10H,4-5,8-9,14H2,1-3H3. The second kappa shape index (κ2) is 6.38. The molecule has 16 heavy (non-hydrogen) atoms. The van der Waals surface area contributed by atoms with Crippen molar-refractivity contribution >= 4 is 5.69 Å². The van der Waals surface area contributed by atoms with Gasteiger partial charge in [-0.3, -0.25) is 0 Å². The molecular weight excluding hydrogens is 200 g/mol. The predicted molar refractivity (Wildman–Crippen MR) is 68.9 cm³/mol. The molecular formula is C13H22N2O. The maximum Gasteiger partial charge on any atom is 0.142 e. The Morgan fingerprint density at radius 2 is 2.00 bits per heavy atom. The Hall–Kier alpha value is -1.22. The number of rotatable bonds is 6. The summed E-state index contributed by atoms with van der Waals surface area (Å²) in [6.07, 6.45) is 2.21. The summed E-state index contributed by atoms with van der Waals surface area (Å²) in [6, 6.07) is 5.88. The van der Waals surface area contributed by atoms with Crippen molar-refractivity contribution in [2.24, 2.45) is 0 Å². The highest BCUT2D eigenvalue weighted by molar-refractivity contribution is 5.53. The van der Waals surface area contributed by atoms with Crippen LogP contribution in [0.4, 0.5) is 5.69 Å². The topological polar surface area (TPSA) is 38.5 Å². The van der Waals surface area contributed by atoms with Gasteiger partial charge in [-0.1, -0.05) is 6.07 Å². The molecule has 1 aromatic rings. The maximum atomic E-state index is 5.82. The minimum Gasteiger partial charge on any atom is -0.491 e. The number of hydrogen-bond donors (Lipinski definition) is 1. The lowest BCUT2D eigenvalue weighted by Gasteiger charge is -2.11. The summed E-state index contributed by atoms with van der Waals surface area (Å²) in [4.78, 5) is 2.18. The van der Waals surface area contributed by atoms with Gasteiger partial charge in [-0.2, -0.15) is 0 Å². The molecule has 0 atom stereocenters. The SMILES string of the molecule is Cc1ccc(N)c(OCCCCN(C)C)c1. The number of benzene rings is 1. The minimum atomic E-state index is 0.721. The first-order valence-electron chi connectivity index (χ1n) is 5.73. The summed E-state index contributed by atoms with van der Waals surface area (Å²) >= 11 is 0. The molecule has 0 saturated heterocycles. The van der Waals surface area contributed by atoms with Crippen LogP contribution in [0.2, 0.25) is 0 Å². The van der Waals surface area contributed by atoms with Crippen LogP contribution in [-0.4, -0.2) is 32.1 Å². The molecule has 0 heterocycles. The van der Waals surface area contributed by atoms with Crippen LogP contribution in [0.25, 0.3) is 0 Å². The zero-order valence-corrected chi connectivity index (χ0v) is 10.5. The van der Waals surface area contributed by atoms with Gasteiger partial charge in [0, 0.05) is 0 Å². The van der Waals surface area contributed by atoms with Gasteiger partial charge < -0.3 is 15.4 Å². The highest BCUT2D eigenvalue weighted by Gasteiger charge is 2.00. The Kier molecular flexibility index (Phi) is 5.12. The van der Waals surface area contributed by atoms with Gasteiger partial charge in [-0.05, 0) is 58.1 Å². The quantitative estimate of drug-likeness (QED) is 0.593. The first-order chi connectivity index (χ1) is 7.59. The molecule has 0 aliphatic carbocycles. The molecule has 0 saturated carbocycles. The summed E-state index contributed by atoms with van der Waals surface area (Å²) < 4.78 is 5.66. The molecule has 1 aromatic carbocycles. The maximum absolute atomic E-state index is 5.82. The van der Waals surface area contributed by atoms with Gasteiger partial charge >= 0.3 is 0 Å². The number of hydrogen-bond acceptors (Lipinski definition) is 3. The molecule has 3 nitrogen and oxygen atoms in total. The monoisotopic (exact) mass is 222 g/mol. The van der Waals surface area contributed by atoms with Crippen LogP contribution in [0.5, 0.6) is 5.75 Å². The molecule has 0 radical (unpaired) electrons. The molecule has 0 aliphatic rings. The number of unbranched alkanes of at least 4 members (excludes halogenated alkanes) is 1. The van der Waals surface area contributed by atoms with Crippen LogP contribution in [0.1, 0.15) is 18.4 Å². The number of aryl methyl sites for hydroxylation is 1. The van der Waals surface area contributed by atoms with E-state index in [9.17, 15) is 0 Å². The number of nitrogens with two attached hydrogens (primary N) is 1. The van der Waals surface area contributed by atoms with E-state index in [0.29, 0.717) is 0 Å². The summed E-state index contributed by atoms with van der Waals surface area (Å²) in [5.41, 5.74) is 7.72. The van der Waals surface area contributed by atoms with Crippen LogP contribution < -0.4 is 10.5 Å². The van der Waals surface area contributed by atoms with Crippen molar-refractivity contribution in [1.82, 2.24) is 4.90 Å². The lowest BCUT2D eigenvalue weighted by atomic mass is 10.2. The van der Waals surface area contributed by atoms with Crippen molar-refractivity contribution in [2.75, 3.05) is 33.0 Å². The lowest BCUT2D eigenvalue weighted by molar-refractivity contribution is 0.294. The average molecular weight is 222 g/mol. The normalized spacial score (nSPS) is 10.8. The summed E-state index contributed by atoms with van der Waals surface area (Å²) in [5.74, 6) is 0.810. The third-order valence-electron chi connectivity index (χ3n) is 2.43. The zero-order valence-electron chi connectivity index (χ0n) is 10.5. The Labute approximate surface area is 98.2 Å². The fraction of sp³-hybridized carbons (Fsp3) is 0.538. The molecule has 0 aromatic heterocycles. The fourth-order valence-corrected chi connectivity index (χ4v) is 1.48. The minimum absolute atomic E-state index is 0.721. The van der Waals surface area contributed by atoms with E-state index >= 15 is 0 Å². The number of ether oxygens (including phenoxy) is 1. The van der Waals surface area contributed by atoms with Crippen LogP contribution in [0.15, 0.2) is 18.2 Å². The van der Waals surface area contributed by atoms with E-state index in [0.717, 1.165) is 37.4 Å². The van der Waals surface area contributed by atoms with Gasteiger partial charge in [0.05, 0.1) is 12.3 Å². The number of nitrogen functional groups attached to an aromatic ring is 1. The first-order valence-corrected chi connectivity index (χ1v) is 5.73. The fourth-order valence-electron chi connectivity index (χ4n) is 1.48. The van der Waals surface area contributed by atoms with Crippen LogP contribution in [0, 0.1) is 6.92 Å². The van der Waals surface area contributed by atoms with Crippen molar-refractivity contribution in [3.05, 3.63) is 23.8 Å².